The predicted octanol–water partition coefficient (Wildman–Crippen LogP) is 3.81. The van der Waals surface area contributed by atoms with Gasteiger partial charge in [-0.15, -0.1) is 0 Å². The second-order valence-electron chi connectivity index (χ2n) is 5.51. The average molecular weight is 283 g/mol. The Balaban J connectivity index is 1.68. The Bertz CT molecular complexity index is 579. The maximum atomic E-state index is 6.03. The highest BCUT2D eigenvalue weighted by Crippen LogP contribution is 2.33. The molecule has 3 nitrogen and oxygen atoms in total. The fourth-order valence-electron chi connectivity index (χ4n) is 2.48. The lowest BCUT2D eigenvalue weighted by molar-refractivity contribution is 0.116. The minimum atomic E-state index is 0.370. The van der Waals surface area contributed by atoms with Crippen LogP contribution in [0.4, 0.5) is 0 Å². The molecule has 2 aromatic rings. The highest BCUT2D eigenvalue weighted by atomic mass is 16.5. The van der Waals surface area contributed by atoms with E-state index in [1.54, 1.807) is 7.11 Å². The number of rotatable bonds is 6. The minimum absolute atomic E-state index is 0.370. The summed E-state index contributed by atoms with van der Waals surface area (Å²) in [7, 11) is 1.69. The molecule has 21 heavy (non-hydrogen) atoms. The summed E-state index contributed by atoms with van der Waals surface area (Å²) >= 11 is 0. The fourth-order valence-corrected chi connectivity index (χ4v) is 2.48. The lowest BCUT2D eigenvalue weighted by Crippen LogP contribution is -2.24. The van der Waals surface area contributed by atoms with Gasteiger partial charge in [0.05, 0.1) is 13.2 Å². The molecule has 1 aliphatic rings. The van der Waals surface area contributed by atoms with Crippen LogP contribution in [0.1, 0.15) is 30.4 Å². The van der Waals surface area contributed by atoms with E-state index in [-0.39, 0.29) is 0 Å². The molecule has 0 unspecified atom stereocenters. The molecule has 1 saturated carbocycles. The molecule has 3 heteroatoms. The number of methoxy groups -OCH3 is 1. The van der Waals surface area contributed by atoms with Gasteiger partial charge in [-0.25, -0.2) is 0 Å². The molecule has 1 fully saturated rings. The highest BCUT2D eigenvalue weighted by Gasteiger charge is 2.20. The number of pyridine rings is 1. The molecule has 0 amide bonds. The van der Waals surface area contributed by atoms with Crippen LogP contribution in [0.15, 0.2) is 42.7 Å². The second-order valence-corrected chi connectivity index (χ2v) is 5.51. The summed E-state index contributed by atoms with van der Waals surface area (Å²) in [6.07, 6.45) is 9.65. The molecule has 1 aromatic heterocycles. The van der Waals surface area contributed by atoms with Crippen molar-refractivity contribution in [2.75, 3.05) is 7.11 Å². The van der Waals surface area contributed by atoms with E-state index >= 15 is 0 Å². The molecule has 0 bridgehead atoms. The number of ether oxygens (including phenoxy) is 2. The third kappa shape index (κ3) is 3.54. The summed E-state index contributed by atoms with van der Waals surface area (Å²) in [6.45, 7) is 0. The Labute approximate surface area is 125 Å². The zero-order valence-electron chi connectivity index (χ0n) is 12.4. The predicted molar refractivity (Wildman–Crippen MR) is 82.9 cm³/mol. The van der Waals surface area contributed by atoms with Crippen molar-refractivity contribution in [1.82, 2.24) is 4.98 Å². The van der Waals surface area contributed by atoms with E-state index in [1.165, 1.54) is 17.5 Å². The first-order valence-corrected chi connectivity index (χ1v) is 7.57. The standard InChI is InChI=1S/C18H21NO2/c1-20-17-8-7-15(6-5-14-9-11-19-12-10-14)13-18(17)21-16-3-2-4-16/h7-13,16H,2-6H2,1H3. The average Bonchev–Trinajstić information content (AvgIpc) is 2.50. The number of hydrogen-bond donors (Lipinski definition) is 0. The van der Waals surface area contributed by atoms with Gasteiger partial charge in [-0.05, 0) is 67.5 Å². The van der Waals surface area contributed by atoms with Crippen molar-refractivity contribution in [1.29, 1.82) is 0 Å². The van der Waals surface area contributed by atoms with E-state index in [9.17, 15) is 0 Å². The molecule has 110 valence electrons. The van der Waals surface area contributed by atoms with E-state index in [1.807, 2.05) is 18.5 Å². The van der Waals surface area contributed by atoms with Gasteiger partial charge in [-0.2, -0.15) is 0 Å². The first-order chi connectivity index (χ1) is 10.3. The monoisotopic (exact) mass is 283 g/mol. The normalized spacial score (nSPS) is 14.5. The first kappa shape index (κ1) is 13.9. The fraction of sp³-hybridized carbons (Fsp3) is 0.389. The van der Waals surface area contributed by atoms with Crippen LogP contribution in [0.3, 0.4) is 0 Å². The van der Waals surface area contributed by atoms with E-state index < -0.39 is 0 Å². The van der Waals surface area contributed by atoms with Gasteiger partial charge in [0.25, 0.3) is 0 Å². The van der Waals surface area contributed by atoms with Crippen LogP contribution in [0.25, 0.3) is 0 Å². The Morgan fingerprint density at radius 2 is 1.76 bits per heavy atom. The number of hydrogen-bond acceptors (Lipinski definition) is 3. The van der Waals surface area contributed by atoms with Crippen LogP contribution in [-0.4, -0.2) is 18.2 Å². The quantitative estimate of drug-likeness (QED) is 0.808. The summed E-state index contributed by atoms with van der Waals surface area (Å²) in [6, 6.07) is 10.4. The summed E-state index contributed by atoms with van der Waals surface area (Å²) < 4.78 is 11.4. The third-order valence-electron chi connectivity index (χ3n) is 4.03. The third-order valence-corrected chi connectivity index (χ3v) is 4.03. The topological polar surface area (TPSA) is 31.4 Å². The van der Waals surface area contributed by atoms with Gasteiger partial charge >= 0.3 is 0 Å². The van der Waals surface area contributed by atoms with Crippen molar-refractivity contribution in [2.24, 2.45) is 0 Å². The molecule has 0 saturated heterocycles. The van der Waals surface area contributed by atoms with E-state index in [4.69, 9.17) is 9.47 Å². The van der Waals surface area contributed by atoms with Crippen molar-refractivity contribution in [3.63, 3.8) is 0 Å². The Morgan fingerprint density at radius 3 is 2.43 bits per heavy atom. The van der Waals surface area contributed by atoms with Crippen molar-refractivity contribution >= 4 is 0 Å². The van der Waals surface area contributed by atoms with Crippen molar-refractivity contribution in [3.8, 4) is 11.5 Å². The molecule has 0 radical (unpaired) electrons. The lowest BCUT2D eigenvalue weighted by atomic mass is 9.96. The summed E-state index contributed by atoms with van der Waals surface area (Å²) in [5, 5.41) is 0. The molecule has 0 aliphatic heterocycles. The van der Waals surface area contributed by atoms with Gasteiger partial charge in [0, 0.05) is 12.4 Å². The molecule has 1 aliphatic carbocycles. The Hall–Kier alpha value is -2.03. The van der Waals surface area contributed by atoms with Gasteiger partial charge in [0.1, 0.15) is 0 Å². The molecule has 0 atom stereocenters. The van der Waals surface area contributed by atoms with Gasteiger partial charge in [0.15, 0.2) is 11.5 Å². The first-order valence-electron chi connectivity index (χ1n) is 7.57. The minimum Gasteiger partial charge on any atom is -0.493 e. The van der Waals surface area contributed by atoms with Crippen molar-refractivity contribution in [2.45, 2.75) is 38.2 Å². The van der Waals surface area contributed by atoms with Crippen LogP contribution < -0.4 is 9.47 Å². The molecule has 3 rings (SSSR count). The molecule has 1 aromatic carbocycles. The van der Waals surface area contributed by atoms with Gasteiger partial charge < -0.3 is 9.47 Å². The van der Waals surface area contributed by atoms with Gasteiger partial charge in [-0.3, -0.25) is 4.98 Å². The summed E-state index contributed by atoms with van der Waals surface area (Å²) in [5.74, 6) is 1.71. The van der Waals surface area contributed by atoms with Crippen LogP contribution in [0, 0.1) is 0 Å². The zero-order valence-corrected chi connectivity index (χ0v) is 12.4. The maximum absolute atomic E-state index is 6.03. The van der Waals surface area contributed by atoms with Crippen LogP contribution in [0.2, 0.25) is 0 Å². The largest absolute Gasteiger partial charge is 0.493 e. The van der Waals surface area contributed by atoms with Crippen LogP contribution in [-0.2, 0) is 12.8 Å². The molecular weight excluding hydrogens is 262 g/mol. The van der Waals surface area contributed by atoms with Crippen LogP contribution in [0.5, 0.6) is 11.5 Å². The van der Waals surface area contributed by atoms with E-state index in [0.717, 1.165) is 37.2 Å². The van der Waals surface area contributed by atoms with Crippen molar-refractivity contribution < 1.29 is 9.47 Å². The summed E-state index contributed by atoms with van der Waals surface area (Å²) in [5.41, 5.74) is 2.59. The molecular formula is C18H21NO2. The highest BCUT2D eigenvalue weighted by molar-refractivity contribution is 5.43. The van der Waals surface area contributed by atoms with E-state index in [0.29, 0.717) is 6.10 Å². The van der Waals surface area contributed by atoms with Gasteiger partial charge in [-0.1, -0.05) is 6.07 Å². The number of aromatic nitrogens is 1. The zero-order chi connectivity index (χ0) is 14.5. The molecule has 0 N–H and O–H groups in total. The molecule has 1 heterocycles. The number of benzene rings is 1. The number of aryl methyl sites for hydroxylation is 2. The summed E-state index contributed by atoms with van der Waals surface area (Å²) in [4.78, 5) is 4.05. The lowest BCUT2D eigenvalue weighted by Gasteiger charge is -2.27. The second kappa shape index (κ2) is 6.61. The Kier molecular flexibility index (Phi) is 4.39. The molecule has 0 spiro atoms. The SMILES string of the molecule is COc1ccc(CCc2ccncc2)cc1OC1CCC1. The van der Waals surface area contributed by atoms with Crippen molar-refractivity contribution in [3.05, 3.63) is 53.9 Å². The maximum Gasteiger partial charge on any atom is 0.161 e. The smallest absolute Gasteiger partial charge is 0.161 e. The van der Waals surface area contributed by atoms with Gasteiger partial charge in [0.2, 0.25) is 0 Å². The number of nitrogens with zero attached hydrogens (tertiary/aromatic N) is 1. The van der Waals surface area contributed by atoms with E-state index in [2.05, 4.69) is 29.2 Å². The Morgan fingerprint density at radius 1 is 1.00 bits per heavy atom. The van der Waals surface area contributed by atoms with Crippen LogP contribution >= 0.6 is 0 Å².